The van der Waals surface area contributed by atoms with E-state index in [9.17, 15) is 9.59 Å². The number of aryl methyl sites for hydroxylation is 1. The van der Waals surface area contributed by atoms with Gasteiger partial charge >= 0.3 is 0 Å². The molecule has 2 aromatic carbocycles. The van der Waals surface area contributed by atoms with Crippen LogP contribution in [-0.2, 0) is 16.0 Å². The first kappa shape index (κ1) is 16.6. The second-order valence-corrected chi connectivity index (χ2v) is 6.06. The van der Waals surface area contributed by atoms with Gasteiger partial charge in [0.1, 0.15) is 10.7 Å². The van der Waals surface area contributed by atoms with E-state index < -0.39 is 11.8 Å². The Kier molecular flexibility index (Phi) is 4.60. The molecule has 1 aliphatic heterocycles. The van der Waals surface area contributed by atoms with Crippen LogP contribution in [0.1, 0.15) is 12.5 Å². The molecule has 2 amide bonds. The molecule has 0 bridgehead atoms. The molecule has 0 atom stereocenters. The summed E-state index contributed by atoms with van der Waals surface area (Å²) in [5.41, 5.74) is 2.23. The zero-order chi connectivity index (χ0) is 17.3. The van der Waals surface area contributed by atoms with E-state index in [0.29, 0.717) is 10.7 Å². The number of imide groups is 1. The van der Waals surface area contributed by atoms with Gasteiger partial charge in [-0.05, 0) is 36.2 Å². The smallest absolute Gasteiger partial charge is 0.283 e. The minimum atomic E-state index is -0.569. The normalized spacial score (nSPS) is 14.5. The van der Waals surface area contributed by atoms with Gasteiger partial charge in [0.2, 0.25) is 0 Å². The SMILES string of the molecule is CCc1ccccc1NC1=C(Cl)C(=O)N(c2cccc(Cl)c2)C1=O. The number of amides is 2. The Morgan fingerprint density at radius 2 is 1.75 bits per heavy atom. The first-order chi connectivity index (χ1) is 11.5. The first-order valence-electron chi connectivity index (χ1n) is 7.42. The molecular weight excluding hydrogens is 347 g/mol. The van der Waals surface area contributed by atoms with E-state index >= 15 is 0 Å². The molecule has 1 aliphatic rings. The van der Waals surface area contributed by atoms with E-state index in [1.165, 1.54) is 0 Å². The second-order valence-electron chi connectivity index (χ2n) is 5.25. The largest absolute Gasteiger partial charge is 0.349 e. The van der Waals surface area contributed by atoms with Gasteiger partial charge in [-0.2, -0.15) is 0 Å². The van der Waals surface area contributed by atoms with Crippen LogP contribution < -0.4 is 10.2 Å². The van der Waals surface area contributed by atoms with E-state index in [1.807, 2.05) is 31.2 Å². The maximum Gasteiger partial charge on any atom is 0.283 e. The average Bonchev–Trinajstić information content (AvgIpc) is 2.79. The Hall–Kier alpha value is -2.30. The molecule has 0 saturated carbocycles. The lowest BCUT2D eigenvalue weighted by molar-refractivity contribution is -0.120. The first-order valence-corrected chi connectivity index (χ1v) is 8.17. The zero-order valence-corrected chi connectivity index (χ0v) is 14.4. The van der Waals surface area contributed by atoms with Crippen molar-refractivity contribution in [2.45, 2.75) is 13.3 Å². The van der Waals surface area contributed by atoms with Gasteiger partial charge < -0.3 is 5.32 Å². The average molecular weight is 361 g/mol. The summed E-state index contributed by atoms with van der Waals surface area (Å²) < 4.78 is 0. The number of anilines is 2. The molecule has 0 radical (unpaired) electrons. The third-order valence-electron chi connectivity index (χ3n) is 3.75. The van der Waals surface area contributed by atoms with Gasteiger partial charge in [0.05, 0.1) is 5.69 Å². The van der Waals surface area contributed by atoms with Gasteiger partial charge in [-0.15, -0.1) is 0 Å². The van der Waals surface area contributed by atoms with Crippen molar-refractivity contribution >= 4 is 46.4 Å². The molecule has 0 saturated heterocycles. The number of halogens is 2. The number of carbonyl (C=O) groups is 2. The van der Waals surface area contributed by atoms with Crippen LogP contribution in [-0.4, -0.2) is 11.8 Å². The minimum absolute atomic E-state index is 0.0718. The fourth-order valence-corrected chi connectivity index (χ4v) is 2.94. The van der Waals surface area contributed by atoms with E-state index in [1.54, 1.807) is 24.3 Å². The van der Waals surface area contributed by atoms with Gasteiger partial charge in [-0.25, -0.2) is 4.90 Å². The molecule has 0 aliphatic carbocycles. The summed E-state index contributed by atoms with van der Waals surface area (Å²) in [6.45, 7) is 2.01. The Bertz CT molecular complexity index is 862. The summed E-state index contributed by atoms with van der Waals surface area (Å²) in [5, 5.41) is 3.31. The van der Waals surface area contributed by atoms with Crippen LogP contribution in [0.2, 0.25) is 5.02 Å². The van der Waals surface area contributed by atoms with Crippen LogP contribution >= 0.6 is 23.2 Å². The summed E-state index contributed by atoms with van der Waals surface area (Å²) in [6, 6.07) is 14.1. The van der Waals surface area contributed by atoms with Crippen LogP contribution in [0.5, 0.6) is 0 Å². The highest BCUT2D eigenvalue weighted by atomic mass is 35.5. The summed E-state index contributed by atoms with van der Waals surface area (Å²) in [4.78, 5) is 26.1. The third-order valence-corrected chi connectivity index (χ3v) is 4.34. The van der Waals surface area contributed by atoms with Gasteiger partial charge in [0, 0.05) is 10.7 Å². The van der Waals surface area contributed by atoms with E-state index in [2.05, 4.69) is 5.32 Å². The standard InChI is InChI=1S/C18H14Cl2N2O2/c1-2-11-6-3-4-9-14(11)21-16-15(20)17(23)22(18(16)24)13-8-5-7-12(19)10-13/h3-10,21H,2H2,1H3. The lowest BCUT2D eigenvalue weighted by atomic mass is 10.1. The zero-order valence-electron chi connectivity index (χ0n) is 12.8. The molecule has 0 unspecified atom stereocenters. The van der Waals surface area contributed by atoms with Crippen molar-refractivity contribution in [3.8, 4) is 0 Å². The number of hydrogen-bond acceptors (Lipinski definition) is 3. The van der Waals surface area contributed by atoms with Crippen LogP contribution in [0.4, 0.5) is 11.4 Å². The van der Waals surface area contributed by atoms with Crippen molar-refractivity contribution < 1.29 is 9.59 Å². The van der Waals surface area contributed by atoms with Crippen molar-refractivity contribution in [2.75, 3.05) is 10.2 Å². The summed E-state index contributed by atoms with van der Waals surface area (Å²) in [5.74, 6) is -1.07. The van der Waals surface area contributed by atoms with Crippen LogP contribution in [0.3, 0.4) is 0 Å². The predicted molar refractivity (Wildman–Crippen MR) is 96.3 cm³/mol. The van der Waals surface area contributed by atoms with Crippen molar-refractivity contribution in [1.29, 1.82) is 0 Å². The second kappa shape index (κ2) is 6.67. The molecule has 0 spiro atoms. The number of nitrogens with one attached hydrogen (secondary N) is 1. The molecule has 6 heteroatoms. The monoisotopic (exact) mass is 360 g/mol. The lowest BCUT2D eigenvalue weighted by Crippen LogP contribution is -2.32. The lowest BCUT2D eigenvalue weighted by Gasteiger charge is -2.16. The fraction of sp³-hybridized carbons (Fsp3) is 0.111. The fourth-order valence-electron chi connectivity index (χ4n) is 2.55. The van der Waals surface area contributed by atoms with E-state index in [4.69, 9.17) is 23.2 Å². The molecule has 4 nitrogen and oxygen atoms in total. The number of carbonyl (C=O) groups excluding carboxylic acids is 2. The number of nitrogens with zero attached hydrogens (tertiary/aromatic N) is 1. The Morgan fingerprint density at radius 1 is 1.00 bits per heavy atom. The van der Waals surface area contributed by atoms with Crippen molar-refractivity contribution in [1.82, 2.24) is 0 Å². The third kappa shape index (κ3) is 2.90. The minimum Gasteiger partial charge on any atom is -0.349 e. The maximum absolute atomic E-state index is 12.7. The van der Waals surface area contributed by atoms with Crippen molar-refractivity contribution in [3.05, 3.63) is 69.8 Å². The summed E-state index contributed by atoms with van der Waals surface area (Å²) in [7, 11) is 0. The van der Waals surface area contributed by atoms with Crippen molar-refractivity contribution in [2.24, 2.45) is 0 Å². The Balaban J connectivity index is 1.95. The summed E-state index contributed by atoms with van der Waals surface area (Å²) in [6.07, 6.45) is 0.786. The predicted octanol–water partition coefficient (Wildman–Crippen LogP) is 4.34. The molecule has 1 N–H and O–H groups in total. The Labute approximate surface area is 149 Å². The topological polar surface area (TPSA) is 49.4 Å². The van der Waals surface area contributed by atoms with Gasteiger partial charge in [-0.1, -0.05) is 54.4 Å². The van der Waals surface area contributed by atoms with Gasteiger partial charge in [0.15, 0.2) is 0 Å². The van der Waals surface area contributed by atoms with Crippen LogP contribution in [0.15, 0.2) is 59.3 Å². The molecule has 122 valence electrons. The van der Waals surface area contributed by atoms with E-state index in [0.717, 1.165) is 22.6 Å². The molecule has 24 heavy (non-hydrogen) atoms. The molecule has 1 heterocycles. The van der Waals surface area contributed by atoms with Gasteiger partial charge in [-0.3, -0.25) is 9.59 Å². The van der Waals surface area contributed by atoms with Crippen LogP contribution in [0, 0.1) is 0 Å². The van der Waals surface area contributed by atoms with Crippen LogP contribution in [0.25, 0.3) is 0 Å². The quantitative estimate of drug-likeness (QED) is 0.825. The Morgan fingerprint density at radius 3 is 2.46 bits per heavy atom. The molecular formula is C18H14Cl2N2O2. The summed E-state index contributed by atoms with van der Waals surface area (Å²) >= 11 is 12.1. The number of hydrogen-bond donors (Lipinski definition) is 1. The maximum atomic E-state index is 12.7. The molecule has 0 aromatic heterocycles. The highest BCUT2D eigenvalue weighted by Crippen LogP contribution is 2.31. The van der Waals surface area contributed by atoms with Gasteiger partial charge in [0.25, 0.3) is 11.8 Å². The van der Waals surface area contributed by atoms with Crippen molar-refractivity contribution in [3.63, 3.8) is 0 Å². The number of rotatable bonds is 4. The highest BCUT2D eigenvalue weighted by molar-refractivity contribution is 6.53. The number of para-hydroxylation sites is 1. The number of benzene rings is 2. The molecule has 3 rings (SSSR count). The molecule has 0 fully saturated rings. The van der Waals surface area contributed by atoms with E-state index in [-0.39, 0.29) is 10.7 Å². The highest BCUT2D eigenvalue weighted by Gasteiger charge is 2.39. The molecule has 2 aromatic rings.